The maximum absolute atomic E-state index is 10.3. The lowest BCUT2D eigenvalue weighted by Crippen LogP contribution is -2.11. The van der Waals surface area contributed by atoms with E-state index in [4.69, 9.17) is 18.9 Å². The van der Waals surface area contributed by atoms with Gasteiger partial charge in [-0.25, -0.2) is 0 Å². The van der Waals surface area contributed by atoms with Crippen LogP contribution in [0.4, 0.5) is 0 Å². The summed E-state index contributed by atoms with van der Waals surface area (Å²) < 4.78 is 20.0. The number of aliphatic hydroxyl groups excluding tert-OH is 1. The zero-order chi connectivity index (χ0) is 16.8. The molecule has 0 spiro atoms. The van der Waals surface area contributed by atoms with Gasteiger partial charge in [0.1, 0.15) is 11.5 Å². The Bertz CT molecular complexity index is 432. The largest absolute Gasteiger partial charge is 0.504 e. The molecule has 0 saturated carbocycles. The Morgan fingerprint density at radius 1 is 1.18 bits per heavy atom. The number of allylic oxidation sites excluding steroid dienone is 3. The molecule has 1 N–H and O–H groups in total. The molecule has 0 saturated heterocycles. The molecule has 0 aliphatic heterocycles. The number of hydrogen-bond donors (Lipinski definition) is 1. The van der Waals surface area contributed by atoms with Crippen LogP contribution in [0.25, 0.3) is 0 Å². The number of ether oxygens (including phenoxy) is 4. The van der Waals surface area contributed by atoms with E-state index in [9.17, 15) is 5.11 Å². The van der Waals surface area contributed by atoms with Gasteiger partial charge in [0.2, 0.25) is 0 Å². The second-order valence-electron chi connectivity index (χ2n) is 4.23. The molecule has 0 aromatic heterocycles. The van der Waals surface area contributed by atoms with Crippen molar-refractivity contribution in [3.63, 3.8) is 0 Å². The van der Waals surface area contributed by atoms with Crippen molar-refractivity contribution < 1.29 is 24.1 Å². The minimum atomic E-state index is -0.745. The van der Waals surface area contributed by atoms with E-state index in [-0.39, 0.29) is 0 Å². The van der Waals surface area contributed by atoms with Gasteiger partial charge in [-0.05, 0) is 30.7 Å². The molecule has 0 fully saturated rings. The fourth-order valence-corrected chi connectivity index (χ4v) is 1.55. The predicted molar refractivity (Wildman–Crippen MR) is 87.1 cm³/mol. The zero-order valence-corrected chi connectivity index (χ0v) is 13.7. The highest BCUT2D eigenvalue weighted by molar-refractivity contribution is 5.31. The van der Waals surface area contributed by atoms with Gasteiger partial charge in [0.25, 0.3) is 0 Å². The average molecular weight is 310 g/mol. The van der Waals surface area contributed by atoms with Gasteiger partial charge in [-0.2, -0.15) is 0 Å². The van der Waals surface area contributed by atoms with Crippen molar-refractivity contribution >= 4 is 0 Å². The summed E-state index contributed by atoms with van der Waals surface area (Å²) in [5, 5.41) is 10.3. The van der Waals surface area contributed by atoms with E-state index in [1.54, 1.807) is 45.6 Å². The minimum Gasteiger partial charge on any atom is -0.504 e. The highest BCUT2D eigenvalue weighted by Crippen LogP contribution is 2.17. The molecule has 0 aliphatic carbocycles. The Kier molecular flexibility index (Phi) is 11.6. The van der Waals surface area contributed by atoms with Crippen molar-refractivity contribution in [3.05, 3.63) is 60.3 Å². The molecule has 0 amide bonds. The van der Waals surface area contributed by atoms with Crippen LogP contribution in [0.5, 0.6) is 0 Å². The van der Waals surface area contributed by atoms with Crippen LogP contribution < -0.4 is 0 Å². The summed E-state index contributed by atoms with van der Waals surface area (Å²) in [5.41, 5.74) is 0.584. The third kappa shape index (κ3) is 8.34. The van der Waals surface area contributed by atoms with Crippen molar-refractivity contribution in [3.8, 4) is 0 Å². The molecular weight excluding hydrogens is 284 g/mol. The van der Waals surface area contributed by atoms with E-state index >= 15 is 0 Å². The standard InChI is InChI=1S/C17H26O5/c1-14(21-4)16(9-7-12-19-2)17(18)10-6-8-15(22-5)11-13-20-3/h6-9,11-12,17-18H,1,10,13H2,2-5H3/b8-6-,12-7+,15-11+,16-9+. The highest BCUT2D eigenvalue weighted by atomic mass is 16.5. The molecule has 5 nitrogen and oxygen atoms in total. The number of methoxy groups -OCH3 is 4. The van der Waals surface area contributed by atoms with Gasteiger partial charge >= 0.3 is 0 Å². The van der Waals surface area contributed by atoms with Gasteiger partial charge in [-0.3, -0.25) is 0 Å². The summed E-state index contributed by atoms with van der Waals surface area (Å²) in [6.07, 6.45) is 9.91. The molecule has 5 heteroatoms. The summed E-state index contributed by atoms with van der Waals surface area (Å²) in [5.74, 6) is 1.08. The smallest absolute Gasteiger partial charge is 0.117 e. The van der Waals surface area contributed by atoms with Crippen molar-refractivity contribution in [1.82, 2.24) is 0 Å². The van der Waals surface area contributed by atoms with Gasteiger partial charge < -0.3 is 24.1 Å². The Labute approximate surface area is 132 Å². The normalized spacial score (nSPS) is 14.4. The maximum Gasteiger partial charge on any atom is 0.117 e. The minimum absolute atomic E-state index is 0.392. The maximum atomic E-state index is 10.3. The Balaban J connectivity index is 4.82. The van der Waals surface area contributed by atoms with E-state index in [0.717, 1.165) is 0 Å². The van der Waals surface area contributed by atoms with Gasteiger partial charge in [-0.1, -0.05) is 12.7 Å². The number of aliphatic hydroxyl groups is 1. The number of rotatable bonds is 11. The topological polar surface area (TPSA) is 57.2 Å². The third-order valence-electron chi connectivity index (χ3n) is 2.75. The lowest BCUT2D eigenvalue weighted by atomic mass is 10.0. The van der Waals surface area contributed by atoms with Crippen LogP contribution in [0.15, 0.2) is 60.3 Å². The Morgan fingerprint density at radius 2 is 1.91 bits per heavy atom. The quantitative estimate of drug-likeness (QED) is 0.470. The van der Waals surface area contributed by atoms with Gasteiger partial charge in [0, 0.05) is 12.7 Å². The molecule has 0 rings (SSSR count). The van der Waals surface area contributed by atoms with Crippen LogP contribution in [-0.4, -0.2) is 46.3 Å². The monoisotopic (exact) mass is 310 g/mol. The first kappa shape index (κ1) is 20.0. The van der Waals surface area contributed by atoms with Crippen molar-refractivity contribution in [2.45, 2.75) is 12.5 Å². The summed E-state index contributed by atoms with van der Waals surface area (Å²) in [6.45, 7) is 4.23. The van der Waals surface area contributed by atoms with Crippen LogP contribution in [0, 0.1) is 0 Å². The fraction of sp³-hybridized carbons (Fsp3) is 0.412. The van der Waals surface area contributed by atoms with Crippen LogP contribution >= 0.6 is 0 Å². The fourth-order valence-electron chi connectivity index (χ4n) is 1.55. The van der Waals surface area contributed by atoms with E-state index < -0.39 is 6.10 Å². The number of hydrogen-bond acceptors (Lipinski definition) is 5. The summed E-state index contributed by atoms with van der Waals surface area (Å²) in [6, 6.07) is 0. The summed E-state index contributed by atoms with van der Waals surface area (Å²) in [7, 11) is 6.25. The molecule has 1 unspecified atom stereocenters. The molecule has 124 valence electrons. The second-order valence-corrected chi connectivity index (χ2v) is 4.23. The zero-order valence-electron chi connectivity index (χ0n) is 13.7. The lowest BCUT2D eigenvalue weighted by molar-refractivity contribution is 0.197. The first-order valence-corrected chi connectivity index (χ1v) is 6.81. The van der Waals surface area contributed by atoms with E-state index in [0.29, 0.717) is 30.1 Å². The van der Waals surface area contributed by atoms with Gasteiger partial charge in [0.05, 0.1) is 40.3 Å². The molecule has 0 aliphatic rings. The first-order valence-electron chi connectivity index (χ1n) is 6.81. The first-order chi connectivity index (χ1) is 10.6. The van der Waals surface area contributed by atoms with E-state index in [1.807, 2.05) is 6.08 Å². The predicted octanol–water partition coefficient (Wildman–Crippen LogP) is 2.72. The molecule has 22 heavy (non-hydrogen) atoms. The average Bonchev–Trinajstić information content (AvgIpc) is 2.53. The lowest BCUT2D eigenvalue weighted by Gasteiger charge is -2.14. The van der Waals surface area contributed by atoms with Gasteiger partial charge in [0.15, 0.2) is 0 Å². The third-order valence-corrected chi connectivity index (χ3v) is 2.75. The Morgan fingerprint density at radius 3 is 2.45 bits per heavy atom. The molecule has 0 bridgehead atoms. The van der Waals surface area contributed by atoms with Crippen LogP contribution in [-0.2, 0) is 18.9 Å². The van der Waals surface area contributed by atoms with Crippen LogP contribution in [0.2, 0.25) is 0 Å². The molecule has 0 heterocycles. The second kappa shape index (κ2) is 12.7. The van der Waals surface area contributed by atoms with Crippen molar-refractivity contribution in [1.29, 1.82) is 0 Å². The molecule has 0 aromatic carbocycles. The van der Waals surface area contributed by atoms with E-state index in [1.165, 1.54) is 13.4 Å². The molecule has 0 aromatic rings. The molecule has 0 radical (unpaired) electrons. The molecule has 1 atom stereocenters. The van der Waals surface area contributed by atoms with Crippen molar-refractivity contribution in [2.24, 2.45) is 0 Å². The van der Waals surface area contributed by atoms with E-state index in [2.05, 4.69) is 6.58 Å². The SMILES string of the molecule is C=C(OC)/C(=C\C=C\OC)C(O)C/C=C\C(=C/COC)OC. The van der Waals surface area contributed by atoms with Crippen molar-refractivity contribution in [2.75, 3.05) is 35.0 Å². The van der Waals surface area contributed by atoms with Crippen LogP contribution in [0.1, 0.15) is 6.42 Å². The van der Waals surface area contributed by atoms with Gasteiger partial charge in [-0.15, -0.1) is 0 Å². The summed E-state index contributed by atoms with van der Waals surface area (Å²) in [4.78, 5) is 0. The highest BCUT2D eigenvalue weighted by Gasteiger charge is 2.12. The van der Waals surface area contributed by atoms with Crippen LogP contribution in [0.3, 0.4) is 0 Å². The Hall–Kier alpha value is -1.98. The molecular formula is C17H26O5. The summed E-state index contributed by atoms with van der Waals surface area (Å²) >= 11 is 0.